The highest BCUT2D eigenvalue weighted by Gasteiger charge is 2.27. The normalized spacial score (nSPS) is 20.2. The fourth-order valence-corrected chi connectivity index (χ4v) is 2.43. The van der Waals surface area contributed by atoms with Gasteiger partial charge in [0.15, 0.2) is 0 Å². The summed E-state index contributed by atoms with van der Waals surface area (Å²) in [5.74, 6) is -0.630. The number of piperazine rings is 1. The number of aliphatic carboxylic acids is 1. The lowest BCUT2D eigenvalue weighted by atomic mass is 10.1. The molecular weight excluding hydrogens is 246 g/mol. The first-order valence-electron chi connectivity index (χ1n) is 7.05. The summed E-state index contributed by atoms with van der Waals surface area (Å²) in [5.41, 5.74) is 0. The Morgan fingerprint density at radius 3 is 2.63 bits per heavy atom. The molecule has 0 saturated carbocycles. The molecule has 0 radical (unpaired) electrons. The molecule has 1 fully saturated rings. The Bertz CT molecular complexity index is 306. The second-order valence-electron chi connectivity index (χ2n) is 4.76. The Morgan fingerprint density at radius 2 is 2.05 bits per heavy atom. The number of rotatable bonds is 7. The van der Waals surface area contributed by atoms with Gasteiger partial charge in [-0.15, -0.1) is 0 Å². The lowest BCUT2D eigenvalue weighted by molar-refractivity contribution is -0.143. The fraction of sp³-hybridized carbons (Fsp3) is 0.846. The van der Waals surface area contributed by atoms with E-state index in [0.29, 0.717) is 19.5 Å². The summed E-state index contributed by atoms with van der Waals surface area (Å²) in [4.78, 5) is 26.7. The van der Waals surface area contributed by atoms with Crippen LogP contribution in [0.25, 0.3) is 0 Å². The number of nitrogens with one attached hydrogen (secondary N) is 1. The molecular formula is C13H25N3O3. The monoisotopic (exact) mass is 271 g/mol. The average Bonchev–Trinajstić information content (AvgIpc) is 2.40. The molecule has 1 atom stereocenters. The first kappa shape index (κ1) is 15.9. The summed E-state index contributed by atoms with van der Waals surface area (Å²) >= 11 is 0. The van der Waals surface area contributed by atoms with Gasteiger partial charge in [-0.3, -0.25) is 14.5 Å². The molecule has 0 bridgehead atoms. The molecule has 0 aromatic rings. The van der Waals surface area contributed by atoms with Crippen molar-refractivity contribution in [3.05, 3.63) is 0 Å². The van der Waals surface area contributed by atoms with Crippen LogP contribution in [0, 0.1) is 0 Å². The number of carboxylic acid groups (broad SMARTS) is 1. The SMILES string of the molecule is CCN(CC)C(=O)CCCN1CCNCC1C(=O)O. The molecule has 0 aromatic carbocycles. The average molecular weight is 271 g/mol. The standard InChI is InChI=1S/C13H25N3O3/c1-3-15(4-2)12(17)6-5-8-16-9-7-14-10-11(16)13(18)19/h11,14H,3-10H2,1-2H3,(H,18,19). The second kappa shape index (κ2) is 8.12. The molecule has 19 heavy (non-hydrogen) atoms. The van der Waals surface area contributed by atoms with Crippen LogP contribution in [0.15, 0.2) is 0 Å². The number of nitrogens with zero attached hydrogens (tertiary/aromatic N) is 2. The van der Waals surface area contributed by atoms with Crippen molar-refractivity contribution in [1.82, 2.24) is 15.1 Å². The minimum atomic E-state index is -0.790. The van der Waals surface area contributed by atoms with Crippen LogP contribution in [0.4, 0.5) is 0 Å². The summed E-state index contributed by atoms with van der Waals surface area (Å²) in [7, 11) is 0. The van der Waals surface area contributed by atoms with Gasteiger partial charge in [0.05, 0.1) is 0 Å². The van der Waals surface area contributed by atoms with Crippen molar-refractivity contribution in [3.8, 4) is 0 Å². The summed E-state index contributed by atoms with van der Waals surface area (Å²) < 4.78 is 0. The molecule has 1 saturated heterocycles. The van der Waals surface area contributed by atoms with E-state index in [4.69, 9.17) is 5.11 Å². The van der Waals surface area contributed by atoms with Crippen molar-refractivity contribution < 1.29 is 14.7 Å². The number of amides is 1. The van der Waals surface area contributed by atoms with Crippen LogP contribution in [-0.4, -0.2) is 72.1 Å². The van der Waals surface area contributed by atoms with E-state index in [1.54, 1.807) is 0 Å². The molecule has 110 valence electrons. The first-order valence-corrected chi connectivity index (χ1v) is 7.05. The maximum atomic E-state index is 11.8. The number of carbonyl (C=O) groups excluding carboxylic acids is 1. The van der Waals surface area contributed by atoms with Crippen molar-refractivity contribution in [3.63, 3.8) is 0 Å². The van der Waals surface area contributed by atoms with E-state index in [-0.39, 0.29) is 5.91 Å². The van der Waals surface area contributed by atoms with Gasteiger partial charge in [-0.25, -0.2) is 0 Å². The number of hydrogen-bond donors (Lipinski definition) is 2. The third kappa shape index (κ3) is 4.80. The third-order valence-corrected chi connectivity index (χ3v) is 3.59. The zero-order valence-electron chi connectivity index (χ0n) is 11.9. The fourth-order valence-electron chi connectivity index (χ4n) is 2.43. The molecule has 6 heteroatoms. The van der Waals surface area contributed by atoms with Crippen LogP contribution in [-0.2, 0) is 9.59 Å². The molecule has 1 rings (SSSR count). The van der Waals surface area contributed by atoms with Gasteiger partial charge in [0.25, 0.3) is 0 Å². The summed E-state index contributed by atoms with van der Waals surface area (Å²) in [6, 6.07) is -0.461. The van der Waals surface area contributed by atoms with E-state index in [2.05, 4.69) is 5.32 Å². The Balaban J connectivity index is 2.34. The van der Waals surface area contributed by atoms with Gasteiger partial charge in [0.2, 0.25) is 5.91 Å². The van der Waals surface area contributed by atoms with E-state index in [1.165, 1.54) is 0 Å². The minimum Gasteiger partial charge on any atom is -0.480 e. The van der Waals surface area contributed by atoms with Gasteiger partial charge in [-0.2, -0.15) is 0 Å². The third-order valence-electron chi connectivity index (χ3n) is 3.59. The molecule has 1 unspecified atom stereocenters. The molecule has 0 aromatic heterocycles. The van der Waals surface area contributed by atoms with Crippen LogP contribution >= 0.6 is 0 Å². The zero-order valence-corrected chi connectivity index (χ0v) is 11.9. The molecule has 1 heterocycles. The highest BCUT2D eigenvalue weighted by molar-refractivity contribution is 5.76. The van der Waals surface area contributed by atoms with E-state index < -0.39 is 12.0 Å². The summed E-state index contributed by atoms with van der Waals surface area (Å²) in [6.45, 7) is 8.12. The van der Waals surface area contributed by atoms with Gasteiger partial charge in [-0.1, -0.05) is 0 Å². The van der Waals surface area contributed by atoms with Crippen molar-refractivity contribution in [2.75, 3.05) is 39.3 Å². The molecule has 1 aliphatic heterocycles. The minimum absolute atomic E-state index is 0.159. The highest BCUT2D eigenvalue weighted by atomic mass is 16.4. The highest BCUT2D eigenvalue weighted by Crippen LogP contribution is 2.07. The van der Waals surface area contributed by atoms with Crippen LogP contribution in [0.2, 0.25) is 0 Å². The van der Waals surface area contributed by atoms with Crippen LogP contribution in [0.5, 0.6) is 0 Å². The Morgan fingerprint density at radius 1 is 1.37 bits per heavy atom. The first-order chi connectivity index (χ1) is 9.10. The van der Waals surface area contributed by atoms with Gasteiger partial charge in [0, 0.05) is 39.1 Å². The van der Waals surface area contributed by atoms with E-state index >= 15 is 0 Å². The maximum absolute atomic E-state index is 11.8. The largest absolute Gasteiger partial charge is 0.480 e. The van der Waals surface area contributed by atoms with Crippen LogP contribution < -0.4 is 5.32 Å². The predicted molar refractivity (Wildman–Crippen MR) is 73.0 cm³/mol. The van der Waals surface area contributed by atoms with Gasteiger partial charge in [-0.05, 0) is 26.8 Å². The molecule has 1 aliphatic rings. The smallest absolute Gasteiger partial charge is 0.322 e. The van der Waals surface area contributed by atoms with Gasteiger partial charge >= 0.3 is 5.97 Å². The lowest BCUT2D eigenvalue weighted by Crippen LogP contribution is -2.55. The topological polar surface area (TPSA) is 72.9 Å². The Hall–Kier alpha value is -1.14. The van der Waals surface area contributed by atoms with Crippen molar-refractivity contribution in [2.45, 2.75) is 32.7 Å². The molecule has 6 nitrogen and oxygen atoms in total. The molecule has 0 aliphatic carbocycles. The lowest BCUT2D eigenvalue weighted by Gasteiger charge is -2.33. The number of carbonyl (C=O) groups is 2. The quantitative estimate of drug-likeness (QED) is 0.681. The van der Waals surface area contributed by atoms with Crippen molar-refractivity contribution in [2.24, 2.45) is 0 Å². The van der Waals surface area contributed by atoms with E-state index in [1.807, 2.05) is 23.6 Å². The molecule has 1 amide bonds. The second-order valence-corrected chi connectivity index (χ2v) is 4.76. The number of carboxylic acids is 1. The van der Waals surface area contributed by atoms with E-state index in [9.17, 15) is 9.59 Å². The van der Waals surface area contributed by atoms with E-state index in [0.717, 1.165) is 32.6 Å². The van der Waals surface area contributed by atoms with Crippen molar-refractivity contribution in [1.29, 1.82) is 0 Å². The van der Waals surface area contributed by atoms with Crippen molar-refractivity contribution >= 4 is 11.9 Å². The Kier molecular flexibility index (Phi) is 6.80. The summed E-state index contributed by atoms with van der Waals surface area (Å²) in [6.07, 6.45) is 1.22. The Labute approximate surface area is 114 Å². The van der Waals surface area contributed by atoms with Crippen LogP contribution in [0.1, 0.15) is 26.7 Å². The van der Waals surface area contributed by atoms with Gasteiger partial charge < -0.3 is 15.3 Å². The number of hydrogen-bond acceptors (Lipinski definition) is 4. The molecule has 0 spiro atoms. The van der Waals surface area contributed by atoms with Crippen LogP contribution in [0.3, 0.4) is 0 Å². The summed E-state index contributed by atoms with van der Waals surface area (Å²) in [5, 5.41) is 12.2. The molecule has 2 N–H and O–H groups in total. The maximum Gasteiger partial charge on any atom is 0.322 e. The van der Waals surface area contributed by atoms with Gasteiger partial charge in [0.1, 0.15) is 6.04 Å². The zero-order chi connectivity index (χ0) is 14.3. The predicted octanol–water partition coefficient (Wildman–Crippen LogP) is -0.00660.